The molecule has 1 saturated heterocycles. The first kappa shape index (κ1) is 10.3. The number of hydrogen-bond acceptors (Lipinski definition) is 4. The van der Waals surface area contributed by atoms with Crippen molar-refractivity contribution < 1.29 is 9.53 Å². The van der Waals surface area contributed by atoms with Crippen molar-refractivity contribution in [1.29, 1.82) is 0 Å². The van der Waals surface area contributed by atoms with E-state index in [4.69, 9.17) is 4.74 Å². The van der Waals surface area contributed by atoms with Gasteiger partial charge in [0.2, 0.25) is 0 Å². The molecule has 0 amide bonds. The van der Waals surface area contributed by atoms with Crippen molar-refractivity contribution in [3.05, 3.63) is 0 Å². The van der Waals surface area contributed by atoms with Crippen LogP contribution in [0.1, 0.15) is 20.8 Å². The lowest BCUT2D eigenvalue weighted by Gasteiger charge is -2.21. The third kappa shape index (κ3) is 2.33. The van der Waals surface area contributed by atoms with E-state index in [1.54, 1.807) is 21.6 Å². The Bertz CT molecular complexity index is 174. The van der Waals surface area contributed by atoms with Crippen molar-refractivity contribution >= 4 is 27.6 Å². The molecule has 0 atom stereocenters. The van der Waals surface area contributed by atoms with Crippen LogP contribution in [0.3, 0.4) is 0 Å². The van der Waals surface area contributed by atoms with Gasteiger partial charge in [-0.2, -0.15) is 0 Å². The molecule has 1 fully saturated rings. The molecular formula is C8H14O2S2. The summed E-state index contributed by atoms with van der Waals surface area (Å²) in [5.74, 6) is 1.71. The van der Waals surface area contributed by atoms with Gasteiger partial charge in [-0.15, -0.1) is 0 Å². The predicted molar refractivity (Wildman–Crippen MR) is 54.3 cm³/mol. The molecule has 70 valence electrons. The summed E-state index contributed by atoms with van der Waals surface area (Å²) < 4.78 is 5.17. The summed E-state index contributed by atoms with van der Waals surface area (Å²) in [6, 6.07) is 0. The van der Waals surface area contributed by atoms with Crippen LogP contribution in [0, 0.1) is 5.41 Å². The van der Waals surface area contributed by atoms with Crippen LogP contribution in [0.2, 0.25) is 0 Å². The predicted octanol–water partition coefficient (Wildman–Crippen LogP) is 2.34. The van der Waals surface area contributed by atoms with Gasteiger partial charge < -0.3 is 4.74 Å². The third-order valence-corrected chi connectivity index (χ3v) is 4.56. The first-order chi connectivity index (χ1) is 5.54. The number of rotatable bonds is 2. The largest absolute Gasteiger partial charge is 0.463 e. The maximum atomic E-state index is 11.5. The van der Waals surface area contributed by atoms with Crippen LogP contribution in [0.5, 0.6) is 0 Å². The van der Waals surface area contributed by atoms with Crippen molar-refractivity contribution in [3.8, 4) is 0 Å². The highest BCUT2D eigenvalue weighted by molar-refractivity contribution is 8.77. The lowest BCUT2D eigenvalue weighted by Crippen LogP contribution is -2.33. The first-order valence-corrected chi connectivity index (χ1v) is 6.49. The van der Waals surface area contributed by atoms with E-state index in [1.165, 1.54) is 0 Å². The van der Waals surface area contributed by atoms with Crippen LogP contribution in [0.25, 0.3) is 0 Å². The van der Waals surface area contributed by atoms with E-state index in [-0.39, 0.29) is 17.5 Å². The zero-order valence-corrected chi connectivity index (χ0v) is 9.26. The number of hydrogen-bond donors (Lipinski definition) is 0. The molecule has 0 spiro atoms. The van der Waals surface area contributed by atoms with Gasteiger partial charge in [0.25, 0.3) is 0 Å². The van der Waals surface area contributed by atoms with Crippen molar-refractivity contribution in [2.75, 3.05) is 11.5 Å². The molecule has 1 heterocycles. The second kappa shape index (κ2) is 3.92. The molecule has 0 aromatic rings. The maximum absolute atomic E-state index is 11.5. The van der Waals surface area contributed by atoms with E-state index in [9.17, 15) is 4.79 Å². The molecule has 0 aromatic heterocycles. The standard InChI is InChI=1S/C8H14O2S2/c1-6(2)10-7(9)8(3)4-11-12-5-8/h6H,4-5H2,1-3H3. The average molecular weight is 206 g/mol. The Balaban J connectivity index is 2.50. The van der Waals surface area contributed by atoms with Gasteiger partial charge in [0.05, 0.1) is 11.5 Å². The summed E-state index contributed by atoms with van der Waals surface area (Å²) in [4.78, 5) is 11.5. The molecule has 0 aliphatic carbocycles. The van der Waals surface area contributed by atoms with E-state index in [0.29, 0.717) is 0 Å². The van der Waals surface area contributed by atoms with Crippen LogP contribution in [-0.2, 0) is 9.53 Å². The van der Waals surface area contributed by atoms with E-state index in [0.717, 1.165) is 11.5 Å². The summed E-state index contributed by atoms with van der Waals surface area (Å²) in [5, 5.41) is 0. The summed E-state index contributed by atoms with van der Waals surface area (Å²) in [6.07, 6.45) is 0.00456. The van der Waals surface area contributed by atoms with Gasteiger partial charge in [0.15, 0.2) is 0 Å². The molecule has 0 aromatic carbocycles. The van der Waals surface area contributed by atoms with Crippen molar-refractivity contribution in [3.63, 3.8) is 0 Å². The quantitative estimate of drug-likeness (QED) is 0.512. The topological polar surface area (TPSA) is 26.3 Å². The second-order valence-electron chi connectivity index (χ2n) is 3.54. The van der Waals surface area contributed by atoms with Crippen LogP contribution in [-0.4, -0.2) is 23.6 Å². The van der Waals surface area contributed by atoms with Crippen LogP contribution in [0.15, 0.2) is 0 Å². The van der Waals surface area contributed by atoms with Crippen molar-refractivity contribution in [1.82, 2.24) is 0 Å². The fourth-order valence-electron chi connectivity index (χ4n) is 0.859. The third-order valence-electron chi connectivity index (χ3n) is 1.67. The Labute approximate surface area is 81.2 Å². The Morgan fingerprint density at radius 2 is 1.92 bits per heavy atom. The molecule has 0 radical (unpaired) electrons. The van der Waals surface area contributed by atoms with Gasteiger partial charge in [-0.3, -0.25) is 4.79 Å². The van der Waals surface area contributed by atoms with Crippen LogP contribution >= 0.6 is 21.6 Å². The zero-order valence-electron chi connectivity index (χ0n) is 7.62. The van der Waals surface area contributed by atoms with Gasteiger partial charge in [0, 0.05) is 11.5 Å². The molecular weight excluding hydrogens is 192 g/mol. The summed E-state index contributed by atoms with van der Waals surface area (Å²) in [5.41, 5.74) is -0.250. The molecule has 0 saturated carbocycles. The van der Waals surface area contributed by atoms with Gasteiger partial charge in [-0.25, -0.2) is 0 Å². The smallest absolute Gasteiger partial charge is 0.313 e. The Morgan fingerprint density at radius 1 is 1.42 bits per heavy atom. The molecule has 12 heavy (non-hydrogen) atoms. The molecule has 0 unspecified atom stereocenters. The number of carbonyl (C=O) groups excluding carboxylic acids is 1. The highest BCUT2D eigenvalue weighted by atomic mass is 33.1. The molecule has 1 rings (SSSR count). The summed E-state index contributed by atoms with van der Waals surface area (Å²) in [7, 11) is 3.50. The molecule has 0 N–H and O–H groups in total. The Morgan fingerprint density at radius 3 is 2.33 bits per heavy atom. The Hall–Kier alpha value is 0.170. The maximum Gasteiger partial charge on any atom is 0.313 e. The number of carbonyl (C=O) groups is 1. The highest BCUT2D eigenvalue weighted by Crippen LogP contribution is 2.43. The second-order valence-corrected chi connectivity index (χ2v) is 6.00. The average Bonchev–Trinajstić information content (AvgIpc) is 2.36. The van der Waals surface area contributed by atoms with Gasteiger partial charge >= 0.3 is 5.97 Å². The molecule has 4 heteroatoms. The fraction of sp³-hybridized carbons (Fsp3) is 0.875. The van der Waals surface area contributed by atoms with Crippen molar-refractivity contribution in [2.45, 2.75) is 26.9 Å². The minimum atomic E-state index is -0.250. The minimum absolute atomic E-state index is 0.00456. The molecule has 1 aliphatic heterocycles. The lowest BCUT2D eigenvalue weighted by molar-refractivity contribution is -0.156. The molecule has 0 bridgehead atoms. The van der Waals surface area contributed by atoms with E-state index >= 15 is 0 Å². The molecule has 2 nitrogen and oxygen atoms in total. The zero-order chi connectivity index (χ0) is 9.19. The monoisotopic (exact) mass is 206 g/mol. The van der Waals surface area contributed by atoms with Gasteiger partial charge in [0.1, 0.15) is 0 Å². The van der Waals surface area contributed by atoms with E-state index in [2.05, 4.69) is 0 Å². The fourth-order valence-corrected chi connectivity index (χ4v) is 4.18. The normalized spacial score (nSPS) is 21.3. The van der Waals surface area contributed by atoms with Crippen molar-refractivity contribution in [2.24, 2.45) is 5.41 Å². The van der Waals surface area contributed by atoms with Gasteiger partial charge in [-0.1, -0.05) is 21.6 Å². The summed E-state index contributed by atoms with van der Waals surface area (Å²) >= 11 is 0. The number of esters is 1. The minimum Gasteiger partial charge on any atom is -0.463 e. The number of ether oxygens (including phenoxy) is 1. The van der Waals surface area contributed by atoms with Gasteiger partial charge in [-0.05, 0) is 20.8 Å². The SMILES string of the molecule is CC(C)OC(=O)C1(C)CSSC1. The van der Waals surface area contributed by atoms with Crippen LogP contribution < -0.4 is 0 Å². The van der Waals surface area contributed by atoms with E-state index < -0.39 is 0 Å². The molecule has 1 aliphatic rings. The lowest BCUT2D eigenvalue weighted by atomic mass is 9.96. The van der Waals surface area contributed by atoms with E-state index in [1.807, 2.05) is 20.8 Å². The summed E-state index contributed by atoms with van der Waals surface area (Å²) in [6.45, 7) is 5.75. The van der Waals surface area contributed by atoms with Crippen LogP contribution in [0.4, 0.5) is 0 Å². The Kier molecular flexibility index (Phi) is 3.35. The highest BCUT2D eigenvalue weighted by Gasteiger charge is 2.39. The first-order valence-electron chi connectivity index (χ1n) is 4.00.